The van der Waals surface area contributed by atoms with E-state index >= 15 is 0 Å². The largest absolute Gasteiger partial charge is 0.379 e. The van der Waals surface area contributed by atoms with Gasteiger partial charge in [-0.2, -0.15) is 0 Å². The lowest BCUT2D eigenvalue weighted by Crippen LogP contribution is -2.28. The molecule has 0 N–H and O–H groups in total. The van der Waals surface area contributed by atoms with Gasteiger partial charge in [0, 0.05) is 13.0 Å². The Morgan fingerprint density at radius 3 is 2.30 bits per heavy atom. The van der Waals surface area contributed by atoms with Crippen LogP contribution in [0.15, 0.2) is 0 Å². The fourth-order valence-electron chi connectivity index (χ4n) is 3.06. The maximum atomic E-state index is 5.99. The van der Waals surface area contributed by atoms with Crippen molar-refractivity contribution in [1.29, 1.82) is 0 Å². The summed E-state index contributed by atoms with van der Waals surface area (Å²) in [5.41, 5.74) is 0. The second-order valence-corrected chi connectivity index (χ2v) is 7.56. The first-order chi connectivity index (χ1) is 11.2. The standard InChI is InChI=1S/C19H39O3P/c1-3-4-5-6-7-8-9-10-11-14-20-16-18-17-21-19(2,22-18)13-12-15-23/h18H,3-17,23H2,1-2H3. The van der Waals surface area contributed by atoms with Gasteiger partial charge in [-0.15, -0.1) is 9.24 Å². The fraction of sp³-hybridized carbons (Fsp3) is 1.00. The summed E-state index contributed by atoms with van der Waals surface area (Å²) in [7, 11) is 2.76. The van der Waals surface area contributed by atoms with Crippen molar-refractivity contribution < 1.29 is 14.2 Å². The predicted molar refractivity (Wildman–Crippen MR) is 101 cm³/mol. The van der Waals surface area contributed by atoms with Gasteiger partial charge in [0.25, 0.3) is 0 Å². The Balaban J connectivity index is 1.86. The zero-order chi connectivity index (χ0) is 16.8. The highest BCUT2D eigenvalue weighted by Gasteiger charge is 2.36. The molecule has 1 rings (SSSR count). The smallest absolute Gasteiger partial charge is 0.166 e. The van der Waals surface area contributed by atoms with Crippen LogP contribution < -0.4 is 0 Å². The van der Waals surface area contributed by atoms with Gasteiger partial charge in [-0.05, 0) is 25.9 Å². The van der Waals surface area contributed by atoms with Crippen molar-refractivity contribution in [2.45, 2.75) is 96.4 Å². The summed E-state index contributed by atoms with van der Waals surface area (Å²) in [4.78, 5) is 0. The Hall–Kier alpha value is 0.310. The Kier molecular flexibility index (Phi) is 12.6. The van der Waals surface area contributed by atoms with Gasteiger partial charge < -0.3 is 14.2 Å². The molecule has 138 valence electrons. The van der Waals surface area contributed by atoms with E-state index in [0.717, 1.165) is 25.6 Å². The van der Waals surface area contributed by atoms with Crippen molar-refractivity contribution in [2.75, 3.05) is 26.0 Å². The van der Waals surface area contributed by atoms with Crippen molar-refractivity contribution in [2.24, 2.45) is 0 Å². The summed E-state index contributed by atoms with van der Waals surface area (Å²) >= 11 is 0. The summed E-state index contributed by atoms with van der Waals surface area (Å²) in [5, 5.41) is 0. The molecule has 0 radical (unpaired) electrons. The van der Waals surface area contributed by atoms with Crippen molar-refractivity contribution in [3.05, 3.63) is 0 Å². The first-order valence-electron chi connectivity index (χ1n) is 9.80. The van der Waals surface area contributed by atoms with E-state index in [1.54, 1.807) is 0 Å². The molecule has 3 nitrogen and oxygen atoms in total. The molecule has 1 saturated heterocycles. The minimum absolute atomic E-state index is 0.114. The van der Waals surface area contributed by atoms with Crippen LogP contribution in [0, 0.1) is 0 Å². The second-order valence-electron chi connectivity index (χ2n) is 6.98. The van der Waals surface area contributed by atoms with Crippen LogP contribution in [0.3, 0.4) is 0 Å². The van der Waals surface area contributed by atoms with Gasteiger partial charge in [0.05, 0.1) is 13.2 Å². The lowest BCUT2D eigenvalue weighted by molar-refractivity contribution is -0.163. The van der Waals surface area contributed by atoms with E-state index in [1.807, 2.05) is 6.92 Å². The molecule has 0 aliphatic carbocycles. The molecule has 1 heterocycles. The molecule has 0 aromatic rings. The maximum absolute atomic E-state index is 5.99. The summed E-state index contributed by atoms with van der Waals surface area (Å²) < 4.78 is 17.5. The zero-order valence-corrected chi connectivity index (χ0v) is 16.6. The van der Waals surface area contributed by atoms with E-state index in [-0.39, 0.29) is 11.9 Å². The van der Waals surface area contributed by atoms with Gasteiger partial charge in [-0.1, -0.05) is 58.3 Å². The third kappa shape index (κ3) is 10.7. The van der Waals surface area contributed by atoms with Crippen molar-refractivity contribution in [1.82, 2.24) is 0 Å². The molecule has 23 heavy (non-hydrogen) atoms. The van der Waals surface area contributed by atoms with E-state index in [2.05, 4.69) is 16.2 Å². The molecule has 1 aliphatic heterocycles. The zero-order valence-electron chi connectivity index (χ0n) is 15.5. The van der Waals surface area contributed by atoms with Crippen LogP contribution in [-0.4, -0.2) is 37.9 Å². The number of ether oxygens (including phenoxy) is 3. The lowest BCUT2D eigenvalue weighted by atomic mass is 10.1. The molecule has 0 aromatic heterocycles. The minimum atomic E-state index is -0.387. The van der Waals surface area contributed by atoms with Crippen LogP contribution >= 0.6 is 9.24 Å². The summed E-state index contributed by atoms with van der Waals surface area (Å²) in [6.07, 6.45) is 15.5. The van der Waals surface area contributed by atoms with Crippen LogP contribution in [0.25, 0.3) is 0 Å². The summed E-state index contributed by atoms with van der Waals surface area (Å²) in [6.45, 7) is 6.53. The van der Waals surface area contributed by atoms with Gasteiger partial charge in [-0.25, -0.2) is 0 Å². The van der Waals surface area contributed by atoms with Crippen molar-refractivity contribution in [3.63, 3.8) is 0 Å². The van der Waals surface area contributed by atoms with Crippen LogP contribution in [0.4, 0.5) is 0 Å². The first-order valence-corrected chi connectivity index (χ1v) is 10.6. The second kappa shape index (κ2) is 13.6. The molecule has 4 heteroatoms. The molecule has 0 spiro atoms. The van der Waals surface area contributed by atoms with Crippen LogP contribution in [0.1, 0.15) is 84.5 Å². The normalized spacial score (nSPS) is 24.4. The van der Waals surface area contributed by atoms with Crippen LogP contribution in [0.5, 0.6) is 0 Å². The van der Waals surface area contributed by atoms with E-state index in [1.165, 1.54) is 57.8 Å². The SMILES string of the molecule is CCCCCCCCCCCOCC1COC(C)(CCCP)O1. The molecule has 0 amide bonds. The molecular weight excluding hydrogens is 307 g/mol. The molecule has 0 saturated carbocycles. The average molecular weight is 346 g/mol. The quantitative estimate of drug-likeness (QED) is 0.297. The van der Waals surface area contributed by atoms with Gasteiger partial charge in [0.15, 0.2) is 5.79 Å². The third-order valence-corrected chi connectivity index (χ3v) is 4.93. The van der Waals surface area contributed by atoms with E-state index in [9.17, 15) is 0 Å². The third-order valence-electron chi connectivity index (χ3n) is 4.52. The average Bonchev–Trinajstić information content (AvgIpc) is 2.92. The van der Waals surface area contributed by atoms with E-state index in [0.29, 0.717) is 13.2 Å². The Bertz CT molecular complexity index is 275. The van der Waals surface area contributed by atoms with E-state index < -0.39 is 0 Å². The molecule has 0 aromatic carbocycles. The van der Waals surface area contributed by atoms with Crippen LogP contribution in [0.2, 0.25) is 0 Å². The first kappa shape index (κ1) is 21.4. The van der Waals surface area contributed by atoms with Crippen molar-refractivity contribution in [3.8, 4) is 0 Å². The predicted octanol–water partition coefficient (Wildman–Crippen LogP) is 5.32. The summed E-state index contributed by atoms with van der Waals surface area (Å²) in [5.74, 6) is -0.387. The molecule has 1 aliphatic rings. The number of hydrogen-bond acceptors (Lipinski definition) is 3. The van der Waals surface area contributed by atoms with Gasteiger partial charge in [0.1, 0.15) is 6.10 Å². The molecule has 0 bridgehead atoms. The molecule has 3 unspecified atom stereocenters. The number of unbranched alkanes of at least 4 members (excludes halogenated alkanes) is 8. The molecule has 3 atom stereocenters. The highest BCUT2D eigenvalue weighted by molar-refractivity contribution is 7.16. The minimum Gasteiger partial charge on any atom is -0.379 e. The number of hydrogen-bond donors (Lipinski definition) is 0. The van der Waals surface area contributed by atoms with Gasteiger partial charge >= 0.3 is 0 Å². The Morgan fingerprint density at radius 1 is 1.00 bits per heavy atom. The molecule has 1 fully saturated rings. The van der Waals surface area contributed by atoms with Gasteiger partial charge in [0.2, 0.25) is 0 Å². The van der Waals surface area contributed by atoms with Crippen molar-refractivity contribution >= 4 is 9.24 Å². The Labute approximate surface area is 146 Å². The monoisotopic (exact) mass is 346 g/mol. The highest BCUT2D eigenvalue weighted by Crippen LogP contribution is 2.28. The Morgan fingerprint density at radius 2 is 1.65 bits per heavy atom. The number of rotatable bonds is 15. The summed E-state index contributed by atoms with van der Waals surface area (Å²) in [6, 6.07) is 0. The lowest BCUT2D eigenvalue weighted by Gasteiger charge is -2.22. The molecular formula is C19H39O3P. The van der Waals surface area contributed by atoms with Gasteiger partial charge in [-0.3, -0.25) is 0 Å². The highest BCUT2D eigenvalue weighted by atomic mass is 31.0. The maximum Gasteiger partial charge on any atom is 0.166 e. The fourth-order valence-corrected chi connectivity index (χ4v) is 3.26. The topological polar surface area (TPSA) is 27.7 Å². The van der Waals surface area contributed by atoms with Crippen LogP contribution in [-0.2, 0) is 14.2 Å². The van der Waals surface area contributed by atoms with E-state index in [4.69, 9.17) is 14.2 Å².